The minimum atomic E-state index is -0.367. The monoisotopic (exact) mass is 449 g/mol. The summed E-state index contributed by atoms with van der Waals surface area (Å²) in [5, 5.41) is 20.4. The molecule has 1 saturated carbocycles. The molecule has 3 heterocycles. The lowest BCUT2D eigenvalue weighted by Crippen LogP contribution is -2.54. The van der Waals surface area contributed by atoms with E-state index in [0.29, 0.717) is 29.1 Å². The minimum absolute atomic E-state index is 0.247. The number of fused-ring (bicyclic) bond motifs is 2. The summed E-state index contributed by atoms with van der Waals surface area (Å²) in [7, 11) is 1.78. The molecule has 0 unspecified atom stereocenters. The smallest absolute Gasteiger partial charge is 0.163 e. The van der Waals surface area contributed by atoms with Gasteiger partial charge >= 0.3 is 0 Å². The van der Waals surface area contributed by atoms with Crippen LogP contribution in [0.3, 0.4) is 0 Å². The van der Waals surface area contributed by atoms with Crippen molar-refractivity contribution >= 4 is 39.0 Å². The van der Waals surface area contributed by atoms with E-state index in [9.17, 15) is 4.39 Å². The molecule has 2 atom stereocenters. The molecule has 0 bridgehead atoms. The molecular weight excluding hydrogens is 421 g/mol. The van der Waals surface area contributed by atoms with E-state index in [1.54, 1.807) is 17.9 Å². The van der Waals surface area contributed by atoms with Crippen molar-refractivity contribution in [3.63, 3.8) is 0 Å². The summed E-state index contributed by atoms with van der Waals surface area (Å²) in [6.07, 6.45) is 4.18. The number of aryl methyl sites for hydroxylation is 1. The molecule has 2 fully saturated rings. The molecular formula is C24H28FN7O. The molecule has 0 radical (unpaired) electrons. The van der Waals surface area contributed by atoms with Crippen LogP contribution in [-0.4, -0.2) is 51.3 Å². The standard InChI is InChI=1S/C24H28FN7O/c1-13-10-32(11-14(2)26-13)17-8-20-22(21(9-17)33-18-4-5-18)24(29-28-20)27-16-6-15-12-31(3)30-23(15)19(25)7-16/h6-9,12-14,18,26H,4-5,10-11H2,1-3H3,(H2,27,28,29)/t13-,14-/m0/s1. The van der Waals surface area contributed by atoms with Crippen molar-refractivity contribution in [3.8, 4) is 5.75 Å². The second-order valence-corrected chi connectivity index (χ2v) is 9.45. The molecule has 172 valence electrons. The molecule has 3 N–H and O–H groups in total. The van der Waals surface area contributed by atoms with Crippen LogP contribution in [0.2, 0.25) is 0 Å². The van der Waals surface area contributed by atoms with E-state index in [4.69, 9.17) is 4.74 Å². The fourth-order valence-corrected chi connectivity index (χ4v) is 4.80. The number of H-pyrrole nitrogens is 1. The molecule has 1 aliphatic heterocycles. The van der Waals surface area contributed by atoms with Crippen LogP contribution >= 0.6 is 0 Å². The highest BCUT2D eigenvalue weighted by Crippen LogP contribution is 2.40. The second kappa shape index (κ2) is 7.62. The molecule has 1 saturated heterocycles. The van der Waals surface area contributed by atoms with Gasteiger partial charge in [0.25, 0.3) is 0 Å². The van der Waals surface area contributed by atoms with Crippen molar-refractivity contribution in [1.82, 2.24) is 25.3 Å². The van der Waals surface area contributed by atoms with Crippen molar-refractivity contribution in [1.29, 1.82) is 0 Å². The van der Waals surface area contributed by atoms with E-state index >= 15 is 0 Å². The Balaban J connectivity index is 1.39. The number of benzene rings is 2. The van der Waals surface area contributed by atoms with Crippen LogP contribution < -0.4 is 20.3 Å². The first kappa shape index (κ1) is 20.3. The predicted molar refractivity (Wildman–Crippen MR) is 128 cm³/mol. The van der Waals surface area contributed by atoms with Crippen molar-refractivity contribution in [2.75, 3.05) is 23.3 Å². The van der Waals surface area contributed by atoms with Crippen LogP contribution in [0.4, 0.5) is 21.6 Å². The molecule has 2 aromatic carbocycles. The third-order valence-electron chi connectivity index (χ3n) is 6.29. The quantitative estimate of drug-likeness (QED) is 0.426. The Labute approximate surface area is 191 Å². The number of ether oxygens (including phenoxy) is 1. The van der Waals surface area contributed by atoms with Gasteiger partial charge in [-0.05, 0) is 44.9 Å². The summed E-state index contributed by atoms with van der Waals surface area (Å²) < 4.78 is 22.5. The Hall–Kier alpha value is -3.33. The number of aromatic nitrogens is 4. The number of nitrogens with one attached hydrogen (secondary N) is 3. The van der Waals surface area contributed by atoms with Gasteiger partial charge in [0.05, 0.1) is 17.0 Å². The molecule has 4 aromatic rings. The second-order valence-electron chi connectivity index (χ2n) is 9.45. The van der Waals surface area contributed by atoms with E-state index in [-0.39, 0.29) is 11.9 Å². The Bertz CT molecular complexity index is 1330. The summed E-state index contributed by atoms with van der Waals surface area (Å²) in [5.41, 5.74) is 2.99. The number of piperazine rings is 1. The average molecular weight is 450 g/mol. The van der Waals surface area contributed by atoms with Crippen molar-refractivity contribution < 1.29 is 9.13 Å². The number of hydrogen-bond donors (Lipinski definition) is 3. The van der Waals surface area contributed by atoms with Gasteiger partial charge in [-0.1, -0.05) is 0 Å². The van der Waals surface area contributed by atoms with E-state index in [0.717, 1.165) is 53.7 Å². The predicted octanol–water partition coefficient (Wildman–Crippen LogP) is 4.06. The molecule has 2 aromatic heterocycles. The number of rotatable bonds is 5. The minimum Gasteiger partial charge on any atom is -0.489 e. The van der Waals surface area contributed by atoms with Gasteiger partial charge in [0.2, 0.25) is 0 Å². The molecule has 1 aliphatic carbocycles. The lowest BCUT2D eigenvalue weighted by atomic mass is 10.1. The van der Waals surface area contributed by atoms with Crippen molar-refractivity contribution in [3.05, 3.63) is 36.3 Å². The fraction of sp³-hybridized carbons (Fsp3) is 0.417. The van der Waals surface area contributed by atoms with Gasteiger partial charge in [-0.15, -0.1) is 0 Å². The first-order valence-corrected chi connectivity index (χ1v) is 11.5. The lowest BCUT2D eigenvalue weighted by molar-refractivity contribution is 0.307. The van der Waals surface area contributed by atoms with E-state index in [1.807, 2.05) is 6.07 Å². The maximum atomic E-state index is 14.6. The highest BCUT2D eigenvalue weighted by Gasteiger charge is 2.28. The zero-order valence-corrected chi connectivity index (χ0v) is 19.0. The van der Waals surface area contributed by atoms with E-state index < -0.39 is 0 Å². The molecule has 0 spiro atoms. The highest BCUT2D eigenvalue weighted by atomic mass is 19.1. The number of anilines is 3. The van der Waals surface area contributed by atoms with Gasteiger partial charge in [-0.25, -0.2) is 4.39 Å². The molecule has 6 rings (SSSR count). The molecule has 33 heavy (non-hydrogen) atoms. The van der Waals surface area contributed by atoms with Gasteiger partial charge in [-0.3, -0.25) is 9.78 Å². The third kappa shape index (κ3) is 3.86. The van der Waals surface area contributed by atoms with Crippen LogP contribution in [0.1, 0.15) is 26.7 Å². The van der Waals surface area contributed by atoms with Crippen molar-refractivity contribution in [2.45, 2.75) is 44.9 Å². The summed E-state index contributed by atoms with van der Waals surface area (Å²) in [4.78, 5) is 2.39. The molecule has 8 nitrogen and oxygen atoms in total. The number of aromatic amines is 1. The lowest BCUT2D eigenvalue weighted by Gasteiger charge is -2.37. The summed E-state index contributed by atoms with van der Waals surface area (Å²) in [6, 6.07) is 8.40. The van der Waals surface area contributed by atoms with Crippen LogP contribution in [-0.2, 0) is 7.05 Å². The number of halogens is 1. The van der Waals surface area contributed by atoms with Crippen LogP contribution in [0, 0.1) is 5.82 Å². The molecule has 2 aliphatic rings. The van der Waals surface area contributed by atoms with Crippen LogP contribution in [0.15, 0.2) is 30.5 Å². The van der Waals surface area contributed by atoms with Gasteiger partial charge in [0.1, 0.15) is 11.3 Å². The van der Waals surface area contributed by atoms with Gasteiger partial charge < -0.3 is 20.3 Å². The normalized spacial score (nSPS) is 21.2. The van der Waals surface area contributed by atoms with Gasteiger partial charge in [0, 0.05) is 61.2 Å². The van der Waals surface area contributed by atoms with Crippen molar-refractivity contribution in [2.24, 2.45) is 7.05 Å². The van der Waals surface area contributed by atoms with Gasteiger partial charge in [0.15, 0.2) is 11.6 Å². The topological polar surface area (TPSA) is 83.0 Å². The zero-order chi connectivity index (χ0) is 22.7. The average Bonchev–Trinajstić information content (AvgIpc) is 3.35. The highest BCUT2D eigenvalue weighted by molar-refractivity contribution is 5.99. The fourth-order valence-electron chi connectivity index (χ4n) is 4.80. The Morgan fingerprint density at radius 2 is 1.91 bits per heavy atom. The molecule has 0 amide bonds. The maximum Gasteiger partial charge on any atom is 0.163 e. The summed E-state index contributed by atoms with van der Waals surface area (Å²) in [5.74, 6) is 1.06. The third-order valence-corrected chi connectivity index (χ3v) is 6.29. The first-order chi connectivity index (χ1) is 15.9. The number of hydrogen-bond acceptors (Lipinski definition) is 6. The first-order valence-electron chi connectivity index (χ1n) is 11.5. The van der Waals surface area contributed by atoms with E-state index in [1.165, 1.54) is 6.07 Å². The molecule has 9 heteroatoms. The Kier molecular flexibility index (Phi) is 4.69. The zero-order valence-electron chi connectivity index (χ0n) is 19.0. The summed E-state index contributed by atoms with van der Waals surface area (Å²) in [6.45, 7) is 6.28. The maximum absolute atomic E-state index is 14.6. The summed E-state index contributed by atoms with van der Waals surface area (Å²) >= 11 is 0. The number of nitrogens with zero attached hydrogens (tertiary/aromatic N) is 4. The largest absolute Gasteiger partial charge is 0.489 e. The Morgan fingerprint density at radius 1 is 1.12 bits per heavy atom. The van der Waals surface area contributed by atoms with Gasteiger partial charge in [-0.2, -0.15) is 10.2 Å². The Morgan fingerprint density at radius 3 is 2.67 bits per heavy atom. The van der Waals surface area contributed by atoms with Crippen LogP contribution in [0.5, 0.6) is 5.75 Å². The van der Waals surface area contributed by atoms with E-state index in [2.05, 4.69) is 56.8 Å². The van der Waals surface area contributed by atoms with Crippen LogP contribution in [0.25, 0.3) is 21.8 Å². The SMILES string of the molecule is C[C@H]1CN(c2cc(OC3CC3)c3c(Nc4cc(F)c5nn(C)cc5c4)n[nH]c3c2)C[C@H](C)N1.